The number of amides is 2. The highest BCUT2D eigenvalue weighted by molar-refractivity contribution is 9.10. The molecular weight excluding hydrogens is 522 g/mol. The predicted octanol–water partition coefficient (Wildman–Crippen LogP) is 5.25. The van der Waals surface area contributed by atoms with Crippen molar-refractivity contribution in [1.29, 1.82) is 0 Å². The number of carbonyl (C=O) groups is 2. The van der Waals surface area contributed by atoms with Gasteiger partial charge < -0.3 is 23.9 Å². The maximum atomic E-state index is 13.9. The van der Waals surface area contributed by atoms with Gasteiger partial charge in [-0.3, -0.25) is 9.59 Å². The van der Waals surface area contributed by atoms with E-state index in [1.54, 1.807) is 30.4 Å². The first-order valence-corrected chi connectivity index (χ1v) is 12.4. The second kappa shape index (κ2) is 9.70. The van der Waals surface area contributed by atoms with Gasteiger partial charge >= 0.3 is 0 Å². The Kier molecular flexibility index (Phi) is 6.45. The van der Waals surface area contributed by atoms with Crippen LogP contribution in [-0.4, -0.2) is 33.9 Å². The molecule has 7 nitrogen and oxygen atoms in total. The van der Waals surface area contributed by atoms with Gasteiger partial charge in [-0.05, 0) is 55.0 Å². The van der Waals surface area contributed by atoms with Crippen molar-refractivity contribution in [2.45, 2.75) is 32.1 Å². The van der Waals surface area contributed by atoms with E-state index in [1.807, 2.05) is 72.2 Å². The smallest absolute Gasteiger partial charge is 0.271 e. The molecule has 1 aliphatic heterocycles. The number of rotatable bonds is 7. The number of aromatic nitrogens is 1. The van der Waals surface area contributed by atoms with Crippen LogP contribution in [0.25, 0.3) is 11.5 Å². The SMILES string of the molecule is COc1ccc(Br)cc1CN1C(=O)c2ccc(-c3ccco3)n2C[C@@]1(C)C(=O)NCc1ccccc1. The monoisotopic (exact) mass is 547 g/mol. The number of fused-ring (bicyclic) bond motifs is 1. The van der Waals surface area contributed by atoms with Crippen molar-refractivity contribution >= 4 is 27.7 Å². The van der Waals surface area contributed by atoms with E-state index in [4.69, 9.17) is 9.15 Å². The maximum Gasteiger partial charge on any atom is 0.271 e. The lowest BCUT2D eigenvalue weighted by atomic mass is 9.93. The van der Waals surface area contributed by atoms with Crippen molar-refractivity contribution in [3.63, 3.8) is 0 Å². The average Bonchev–Trinajstić information content (AvgIpc) is 3.56. The molecule has 1 atom stereocenters. The van der Waals surface area contributed by atoms with E-state index in [9.17, 15) is 9.59 Å². The quantitative estimate of drug-likeness (QED) is 0.342. The Bertz CT molecular complexity index is 1400. The highest BCUT2D eigenvalue weighted by Gasteiger charge is 2.48. The summed E-state index contributed by atoms with van der Waals surface area (Å²) in [7, 11) is 1.59. The van der Waals surface area contributed by atoms with Crippen LogP contribution in [0.1, 0.15) is 28.5 Å². The second-order valence-electron chi connectivity index (χ2n) is 8.96. The van der Waals surface area contributed by atoms with Gasteiger partial charge in [-0.2, -0.15) is 0 Å². The van der Waals surface area contributed by atoms with E-state index in [0.29, 0.717) is 23.7 Å². The molecule has 2 aromatic carbocycles. The van der Waals surface area contributed by atoms with Crippen LogP contribution >= 0.6 is 15.9 Å². The van der Waals surface area contributed by atoms with Gasteiger partial charge in [-0.1, -0.05) is 46.3 Å². The third kappa shape index (κ3) is 4.33. The number of carbonyl (C=O) groups excluding carboxylic acids is 2. The summed E-state index contributed by atoms with van der Waals surface area (Å²) in [5.41, 5.74) is 1.86. The number of hydrogen-bond donors (Lipinski definition) is 1. The van der Waals surface area contributed by atoms with Crippen molar-refractivity contribution in [3.05, 3.63) is 100 Å². The van der Waals surface area contributed by atoms with Crippen LogP contribution in [0, 0.1) is 0 Å². The summed E-state index contributed by atoms with van der Waals surface area (Å²) in [5.74, 6) is 0.815. The number of furan rings is 1. The third-order valence-electron chi connectivity index (χ3n) is 6.64. The van der Waals surface area contributed by atoms with Crippen molar-refractivity contribution in [3.8, 4) is 17.2 Å². The van der Waals surface area contributed by atoms with Crippen LogP contribution in [0.3, 0.4) is 0 Å². The van der Waals surface area contributed by atoms with Crippen LogP contribution in [0.2, 0.25) is 0 Å². The fraction of sp³-hybridized carbons (Fsp3) is 0.214. The molecule has 0 saturated carbocycles. The van der Waals surface area contributed by atoms with Crippen molar-refractivity contribution in [1.82, 2.24) is 14.8 Å². The molecule has 1 aliphatic rings. The van der Waals surface area contributed by atoms with Crippen LogP contribution in [0.4, 0.5) is 0 Å². The summed E-state index contributed by atoms with van der Waals surface area (Å²) < 4.78 is 13.9. The number of benzene rings is 2. The molecule has 36 heavy (non-hydrogen) atoms. The Labute approximate surface area is 217 Å². The fourth-order valence-corrected chi connectivity index (χ4v) is 5.08. The van der Waals surface area contributed by atoms with E-state index in [-0.39, 0.29) is 24.9 Å². The molecule has 3 heterocycles. The first-order chi connectivity index (χ1) is 17.4. The van der Waals surface area contributed by atoms with E-state index < -0.39 is 5.54 Å². The van der Waals surface area contributed by atoms with Gasteiger partial charge in [0.15, 0.2) is 0 Å². The summed E-state index contributed by atoms with van der Waals surface area (Å²) in [6.07, 6.45) is 1.59. The zero-order valence-corrected chi connectivity index (χ0v) is 21.6. The minimum Gasteiger partial charge on any atom is -0.496 e. The Morgan fingerprint density at radius 1 is 1.08 bits per heavy atom. The Hall–Kier alpha value is -3.78. The minimum absolute atomic E-state index is 0.206. The third-order valence-corrected chi connectivity index (χ3v) is 7.13. The number of nitrogens with zero attached hydrogens (tertiary/aromatic N) is 2. The van der Waals surface area contributed by atoms with Crippen molar-refractivity contribution < 1.29 is 18.7 Å². The molecule has 0 saturated heterocycles. The molecule has 0 bridgehead atoms. The summed E-state index contributed by atoms with van der Waals surface area (Å²) in [5, 5.41) is 3.05. The molecule has 5 rings (SSSR count). The topological polar surface area (TPSA) is 76.7 Å². The zero-order chi connectivity index (χ0) is 25.3. The van der Waals surface area contributed by atoms with Gasteiger partial charge in [0.2, 0.25) is 5.91 Å². The Morgan fingerprint density at radius 3 is 2.58 bits per heavy atom. The Balaban J connectivity index is 1.54. The molecule has 0 aliphatic carbocycles. The molecule has 184 valence electrons. The van der Waals surface area contributed by atoms with Crippen molar-refractivity contribution in [2.75, 3.05) is 7.11 Å². The average molecular weight is 548 g/mol. The minimum atomic E-state index is -1.17. The standard InChI is InChI=1S/C28H26BrN3O4/c1-28(27(34)30-16-19-7-4-3-5-8-19)18-31-22(25-9-6-14-36-25)11-12-23(31)26(33)32(28)17-20-15-21(29)10-13-24(20)35-2/h3-15H,16-18H2,1-2H3,(H,30,34)/t28-/m0/s1. The zero-order valence-electron chi connectivity index (χ0n) is 20.0. The lowest BCUT2D eigenvalue weighted by molar-refractivity contribution is -0.133. The predicted molar refractivity (Wildman–Crippen MR) is 139 cm³/mol. The molecule has 8 heteroatoms. The normalized spacial score (nSPS) is 17.1. The Morgan fingerprint density at radius 2 is 1.86 bits per heavy atom. The molecular formula is C28H26BrN3O4. The number of methoxy groups -OCH3 is 1. The first-order valence-electron chi connectivity index (χ1n) is 11.6. The summed E-state index contributed by atoms with van der Waals surface area (Å²) >= 11 is 3.51. The van der Waals surface area contributed by atoms with Gasteiger partial charge in [-0.15, -0.1) is 0 Å². The van der Waals surface area contributed by atoms with E-state index in [2.05, 4.69) is 21.2 Å². The van der Waals surface area contributed by atoms with Crippen molar-refractivity contribution in [2.24, 2.45) is 0 Å². The lowest BCUT2D eigenvalue weighted by Crippen LogP contribution is -2.63. The number of halogens is 1. The first kappa shape index (κ1) is 23.9. The molecule has 4 aromatic rings. The van der Waals surface area contributed by atoms with Gasteiger partial charge in [0, 0.05) is 16.6 Å². The molecule has 0 spiro atoms. The molecule has 2 aromatic heterocycles. The summed E-state index contributed by atoms with van der Waals surface area (Å²) in [6, 6.07) is 22.6. The van der Waals surface area contributed by atoms with E-state index in [0.717, 1.165) is 21.3 Å². The molecule has 0 unspecified atom stereocenters. The van der Waals surface area contributed by atoms with Crippen LogP contribution in [-0.2, 0) is 24.4 Å². The summed E-state index contributed by atoms with van der Waals surface area (Å²) in [4.78, 5) is 29.4. The molecule has 2 amide bonds. The van der Waals surface area contributed by atoms with Crippen LogP contribution in [0.15, 0.2) is 87.9 Å². The van der Waals surface area contributed by atoms with Gasteiger partial charge in [-0.25, -0.2) is 0 Å². The summed E-state index contributed by atoms with van der Waals surface area (Å²) in [6.45, 7) is 2.65. The second-order valence-corrected chi connectivity index (χ2v) is 9.87. The maximum absolute atomic E-state index is 13.9. The van der Waals surface area contributed by atoms with E-state index in [1.165, 1.54) is 0 Å². The van der Waals surface area contributed by atoms with E-state index >= 15 is 0 Å². The lowest BCUT2D eigenvalue weighted by Gasteiger charge is -2.44. The van der Waals surface area contributed by atoms with Crippen LogP contribution in [0.5, 0.6) is 5.75 Å². The van der Waals surface area contributed by atoms with Gasteiger partial charge in [0.1, 0.15) is 22.7 Å². The largest absolute Gasteiger partial charge is 0.496 e. The fourth-order valence-electron chi connectivity index (χ4n) is 4.67. The highest BCUT2D eigenvalue weighted by Crippen LogP contribution is 2.36. The highest BCUT2D eigenvalue weighted by atomic mass is 79.9. The van der Waals surface area contributed by atoms with Gasteiger partial charge in [0.25, 0.3) is 5.91 Å². The number of nitrogens with one attached hydrogen (secondary N) is 1. The number of ether oxygens (including phenoxy) is 1. The molecule has 0 radical (unpaired) electrons. The molecule has 0 fully saturated rings. The number of hydrogen-bond acceptors (Lipinski definition) is 4. The van der Waals surface area contributed by atoms with Gasteiger partial charge in [0.05, 0.1) is 32.2 Å². The molecule has 1 N–H and O–H groups in total. The van der Waals surface area contributed by atoms with Crippen LogP contribution < -0.4 is 10.1 Å².